The van der Waals surface area contributed by atoms with Gasteiger partial charge in [-0.1, -0.05) is 66.8 Å². The van der Waals surface area contributed by atoms with Crippen molar-refractivity contribution in [2.75, 3.05) is 47.4 Å². The first-order chi connectivity index (χ1) is 59.8. The summed E-state index contributed by atoms with van der Waals surface area (Å²) in [6.07, 6.45) is 22.0. The summed E-state index contributed by atoms with van der Waals surface area (Å²) in [5, 5.41) is 49.1. The molecule has 4 aliphatic heterocycles. The largest absolute Gasteiger partial charge is 0.474 e. The van der Waals surface area contributed by atoms with Crippen molar-refractivity contribution in [2.24, 2.45) is 46.6 Å². The van der Waals surface area contributed by atoms with Gasteiger partial charge in [0, 0.05) is 72.7 Å². The quantitative estimate of drug-likeness (QED) is 0.0399. The van der Waals surface area contributed by atoms with Crippen molar-refractivity contribution in [1.29, 1.82) is 0 Å². The van der Waals surface area contributed by atoms with Gasteiger partial charge in [0.15, 0.2) is 0 Å². The minimum Gasteiger partial charge on any atom is -0.474 e. The number of H-pyrrole nitrogens is 4. The Morgan fingerprint density at radius 1 is 0.354 bits per heavy atom. The van der Waals surface area contributed by atoms with Crippen molar-refractivity contribution < 1.29 is 80.2 Å². The molecular weight excluding hydrogens is 1650 g/mol. The van der Waals surface area contributed by atoms with Gasteiger partial charge in [0.25, 0.3) is 0 Å². The highest BCUT2D eigenvalue weighted by atomic mass is 19.1. The Labute approximate surface area is 722 Å². The normalized spacial score (nSPS) is 18.2. The molecular formula is C86H94F4N24O13. The molecule has 127 heavy (non-hydrogen) atoms. The topological polar surface area (TPSA) is 565 Å². The number of nitrogens with zero attached hydrogens (tertiary/aromatic N) is 11. The van der Waals surface area contributed by atoms with Crippen LogP contribution in [-0.4, -0.2) is 178 Å². The standard InChI is InChI=1S/3C21H21FN6O3.C13H16FN3.C8H7N3O4.2CH4/c3*1-11-2-5-17(14-3-4-16-15(18(14)22)9-25-27-16)28(10-11)21(31)20(30)26-13-6-12(19(23)29)7-24-8-13;1-8-2-4-11(15-6-8)9-3-5-12-10(13(9)14)7-16-17-12;9-6(12)4-1-5(3-10-2-4)11-7(13)8(14)15;;/h3*3-4,6-9,11,17H,2,5,10H2,1H3,(H2,23,29)(H,25,27)(H,26,30);3,5,7-8,11,15H,2,4,6H2,1H3,(H,16,17);1-3H,(H2,9,12)(H,11,13)(H,14,15);2*1H4/t3*11-,17+;8-,11+;;;/m1000.../s1. The second-order valence-electron chi connectivity index (χ2n) is 30.7. The fraction of sp³-hybridized carbons (Fsp3) is 0.302. The number of hydrogen-bond donors (Lipinski definition) is 14. The molecule has 37 nitrogen and oxygen atoms in total. The molecule has 0 bridgehead atoms. The van der Waals surface area contributed by atoms with Gasteiger partial charge in [0.05, 0.1) is 156 Å². The number of halogens is 4. The molecule has 11 amide bonds. The molecule has 4 aliphatic rings. The number of likely N-dealkylation sites (tertiary alicyclic amines) is 3. The van der Waals surface area contributed by atoms with Crippen LogP contribution in [0.15, 0.2) is 147 Å². The first-order valence-corrected chi connectivity index (χ1v) is 39.4. The Morgan fingerprint density at radius 3 is 0.874 bits per heavy atom. The van der Waals surface area contributed by atoms with Crippen LogP contribution in [0.4, 0.5) is 40.3 Å². The number of carboxylic acid groups (broad SMARTS) is 1. The Balaban J connectivity index is 0.000000169. The van der Waals surface area contributed by atoms with Gasteiger partial charge in [0.2, 0.25) is 23.6 Å². The van der Waals surface area contributed by atoms with Gasteiger partial charge in [-0.15, -0.1) is 0 Å². The van der Waals surface area contributed by atoms with Crippen LogP contribution in [0.2, 0.25) is 0 Å². The van der Waals surface area contributed by atoms with E-state index in [1.807, 2.05) is 38.2 Å². The van der Waals surface area contributed by atoms with Gasteiger partial charge >= 0.3 is 47.3 Å². The molecule has 0 radical (unpaired) electrons. The zero-order valence-corrected chi connectivity index (χ0v) is 67.5. The van der Waals surface area contributed by atoms with Crippen LogP contribution in [0, 0.1) is 46.9 Å². The molecule has 664 valence electrons. The highest BCUT2D eigenvalue weighted by molar-refractivity contribution is 6.41. The number of aromatic nitrogens is 12. The smallest absolute Gasteiger partial charge is 0.394 e. The van der Waals surface area contributed by atoms with E-state index in [2.05, 4.69) is 88.9 Å². The average Bonchev–Trinajstić information content (AvgIpc) is 1.71. The molecule has 4 saturated heterocycles. The second kappa shape index (κ2) is 41.7. The van der Waals surface area contributed by atoms with Gasteiger partial charge in [-0.2, -0.15) is 20.4 Å². The van der Waals surface area contributed by atoms with Crippen LogP contribution in [0.5, 0.6) is 0 Å². The molecule has 4 aromatic carbocycles. The molecule has 0 saturated carbocycles. The lowest BCUT2D eigenvalue weighted by Crippen LogP contribution is -2.46. The number of carbonyl (C=O) groups excluding carboxylic acids is 11. The number of aliphatic carboxylic acids is 1. The number of piperidine rings is 4. The number of amides is 11. The van der Waals surface area contributed by atoms with Crippen molar-refractivity contribution in [2.45, 2.75) is 118 Å². The molecule has 0 spiro atoms. The Morgan fingerprint density at radius 2 is 0.614 bits per heavy atom. The highest BCUT2D eigenvalue weighted by Crippen LogP contribution is 2.41. The molecule has 0 aliphatic carbocycles. The number of nitrogens with two attached hydrogens (primary N) is 4. The maximum absolute atomic E-state index is 15.1. The zero-order valence-electron chi connectivity index (χ0n) is 67.5. The summed E-state index contributed by atoms with van der Waals surface area (Å²) in [5.74, 6) is -11.0. The van der Waals surface area contributed by atoms with Gasteiger partial charge in [-0.05, 0) is 130 Å². The summed E-state index contributed by atoms with van der Waals surface area (Å²) < 4.78 is 59.7. The minimum atomic E-state index is -1.63. The summed E-state index contributed by atoms with van der Waals surface area (Å²) in [6, 6.07) is 17.4. The third-order valence-electron chi connectivity index (χ3n) is 21.6. The summed E-state index contributed by atoms with van der Waals surface area (Å²) >= 11 is 0. The van der Waals surface area contributed by atoms with Crippen LogP contribution >= 0.6 is 0 Å². The SMILES string of the molecule is C.C.C[C@@H]1CC[C@@H](c2ccc3[nH]ncc3c2F)N(C(=O)C(=O)Nc2cncc(C(N)=O)c2)C1.C[C@H]1CC[C@H](c2ccc3[nH]ncc3c2F)N(C(=O)C(=O)Nc2cncc(C(N)=O)c2)C1.C[C@H]1CC[C@H](c2ccc3[nH]ncc3c2F)N(C(=O)C(=O)Nc2cncc(C(N)=O)c2)C1.C[C@H]1CC[C@H](c2ccc3[nH]ncc3c2F)NC1.NC(=O)c1cncc(NC(=O)C(=O)O)c1. The van der Waals surface area contributed by atoms with E-state index in [0.29, 0.717) is 99.6 Å². The molecule has 41 heteroatoms. The number of aromatic amines is 4. The molecule has 12 heterocycles. The average molecular weight is 1750 g/mol. The molecule has 4 fully saturated rings. The van der Waals surface area contributed by atoms with E-state index in [0.717, 1.165) is 49.7 Å². The Hall–Kier alpha value is -15.3. The van der Waals surface area contributed by atoms with E-state index in [1.54, 1.807) is 42.6 Å². The van der Waals surface area contributed by atoms with Crippen molar-refractivity contribution in [3.8, 4) is 0 Å². The summed E-state index contributed by atoms with van der Waals surface area (Å²) in [6.45, 7) is 10.1. The summed E-state index contributed by atoms with van der Waals surface area (Å²) in [7, 11) is 0. The van der Waals surface area contributed by atoms with Crippen LogP contribution in [0.1, 0.15) is 182 Å². The van der Waals surface area contributed by atoms with Gasteiger partial charge < -0.3 is 69.3 Å². The van der Waals surface area contributed by atoms with Crippen LogP contribution in [-0.2, 0) is 38.4 Å². The highest BCUT2D eigenvalue weighted by Gasteiger charge is 2.40. The lowest BCUT2D eigenvalue weighted by Gasteiger charge is -2.38. The summed E-state index contributed by atoms with van der Waals surface area (Å²) in [4.78, 5) is 162. The van der Waals surface area contributed by atoms with E-state index in [9.17, 15) is 61.9 Å². The number of fused-ring (bicyclic) bond motifs is 4. The van der Waals surface area contributed by atoms with E-state index in [-0.39, 0.29) is 89.5 Å². The number of nitrogens with one attached hydrogen (secondary N) is 9. The molecule has 8 aromatic heterocycles. The maximum Gasteiger partial charge on any atom is 0.394 e. The number of pyridine rings is 4. The Kier molecular flexibility index (Phi) is 30.8. The second-order valence-corrected chi connectivity index (χ2v) is 30.7. The predicted octanol–water partition coefficient (Wildman–Crippen LogP) is 9.64. The van der Waals surface area contributed by atoms with Crippen molar-refractivity contribution in [3.05, 3.63) is 215 Å². The predicted molar refractivity (Wildman–Crippen MR) is 459 cm³/mol. The number of rotatable bonds is 12. The van der Waals surface area contributed by atoms with E-state index in [4.69, 9.17) is 28.0 Å². The molecule has 12 aromatic rings. The van der Waals surface area contributed by atoms with Gasteiger partial charge in [-0.3, -0.25) is 93.1 Å². The van der Waals surface area contributed by atoms with Crippen LogP contribution in [0.25, 0.3) is 43.6 Å². The third-order valence-corrected chi connectivity index (χ3v) is 21.6. The van der Waals surface area contributed by atoms with E-state index >= 15 is 13.2 Å². The fourth-order valence-electron chi connectivity index (χ4n) is 15.1. The lowest BCUT2D eigenvalue weighted by atomic mass is 9.89. The van der Waals surface area contributed by atoms with E-state index in [1.165, 1.54) is 107 Å². The fourth-order valence-corrected chi connectivity index (χ4v) is 15.1. The number of carbonyl (C=O) groups is 12. The first kappa shape index (κ1) is 93.9. The molecule has 18 N–H and O–H groups in total. The monoisotopic (exact) mass is 1750 g/mol. The van der Waals surface area contributed by atoms with Crippen molar-refractivity contribution >= 4 is 137 Å². The third kappa shape index (κ3) is 22.4. The van der Waals surface area contributed by atoms with E-state index < -0.39 is 107 Å². The molecule has 0 unspecified atom stereocenters. The molecule has 8 atom stereocenters. The zero-order chi connectivity index (χ0) is 89.6. The lowest BCUT2D eigenvalue weighted by molar-refractivity contribution is -0.147. The van der Waals surface area contributed by atoms with Crippen LogP contribution in [0.3, 0.4) is 0 Å². The number of benzene rings is 4. The number of carboxylic acids is 1. The number of hydrogen-bond acceptors (Lipinski definition) is 21. The van der Waals surface area contributed by atoms with Crippen LogP contribution < -0.4 is 49.5 Å². The van der Waals surface area contributed by atoms with Gasteiger partial charge in [0.1, 0.15) is 23.3 Å². The van der Waals surface area contributed by atoms with Gasteiger partial charge in [-0.25, -0.2) is 22.4 Å². The van der Waals surface area contributed by atoms with Crippen molar-refractivity contribution in [1.82, 2.24) is 80.7 Å². The number of primary amides is 4. The molecule has 16 rings (SSSR count). The summed E-state index contributed by atoms with van der Waals surface area (Å²) in [5.41, 5.74) is 25.9. The Bertz CT molecular complexity index is 5700. The maximum atomic E-state index is 15.1. The van der Waals surface area contributed by atoms with Crippen molar-refractivity contribution in [3.63, 3.8) is 0 Å². The first-order valence-electron chi connectivity index (χ1n) is 39.4. The number of anilines is 4. The minimum absolute atomic E-state index is 0.